The Bertz CT molecular complexity index is 170. The summed E-state index contributed by atoms with van der Waals surface area (Å²) in [7, 11) is 0. The van der Waals surface area contributed by atoms with Crippen molar-refractivity contribution in [3.05, 3.63) is 0 Å². The second-order valence-corrected chi connectivity index (χ2v) is 5.62. The molecule has 1 N–H and O–H groups in total. The molecule has 0 spiro atoms. The van der Waals surface area contributed by atoms with Crippen molar-refractivity contribution in [3.63, 3.8) is 0 Å². The Kier molecular flexibility index (Phi) is 7.06. The quantitative estimate of drug-likeness (QED) is 0.674. The summed E-state index contributed by atoms with van der Waals surface area (Å²) >= 11 is 0. The molecule has 0 aromatic carbocycles. The lowest BCUT2D eigenvalue weighted by Gasteiger charge is -2.28. The van der Waals surface area contributed by atoms with Crippen LogP contribution in [-0.4, -0.2) is 25.8 Å². The molecule has 0 aliphatic heterocycles. The van der Waals surface area contributed by atoms with E-state index in [4.69, 9.17) is 4.74 Å². The van der Waals surface area contributed by atoms with Crippen LogP contribution in [0.15, 0.2) is 0 Å². The first-order chi connectivity index (χ1) is 7.70. The molecule has 0 saturated heterocycles. The number of ether oxygens (including phenoxy) is 1. The molecule has 0 amide bonds. The Labute approximate surface area is 101 Å². The molecule has 0 aromatic rings. The van der Waals surface area contributed by atoms with Crippen LogP contribution < -0.4 is 5.32 Å². The van der Waals surface area contributed by atoms with Crippen molar-refractivity contribution >= 4 is 0 Å². The summed E-state index contributed by atoms with van der Waals surface area (Å²) in [5.74, 6) is 1.52. The van der Waals surface area contributed by atoms with Gasteiger partial charge in [0.2, 0.25) is 0 Å². The van der Waals surface area contributed by atoms with Crippen molar-refractivity contribution < 1.29 is 4.74 Å². The molecule has 1 aliphatic rings. The van der Waals surface area contributed by atoms with Crippen LogP contribution in [0.25, 0.3) is 0 Å². The van der Waals surface area contributed by atoms with Crippen molar-refractivity contribution in [1.82, 2.24) is 5.32 Å². The highest BCUT2D eigenvalue weighted by atomic mass is 16.5. The van der Waals surface area contributed by atoms with Gasteiger partial charge in [-0.2, -0.15) is 0 Å². The van der Waals surface area contributed by atoms with Crippen molar-refractivity contribution in [3.8, 4) is 0 Å². The fourth-order valence-corrected chi connectivity index (χ4v) is 2.35. The van der Waals surface area contributed by atoms with Gasteiger partial charge in [-0.15, -0.1) is 0 Å². The molecule has 1 rings (SSSR count). The van der Waals surface area contributed by atoms with E-state index in [2.05, 4.69) is 26.1 Å². The zero-order chi connectivity index (χ0) is 11.8. The van der Waals surface area contributed by atoms with Crippen LogP contribution in [0.2, 0.25) is 0 Å². The average molecular weight is 227 g/mol. The third kappa shape index (κ3) is 5.86. The Morgan fingerprint density at radius 3 is 2.69 bits per heavy atom. The maximum Gasteiger partial charge on any atom is 0.0600 e. The van der Waals surface area contributed by atoms with Crippen LogP contribution in [0.1, 0.15) is 52.9 Å². The fraction of sp³-hybridized carbons (Fsp3) is 1.00. The zero-order valence-corrected chi connectivity index (χ0v) is 11.3. The third-order valence-electron chi connectivity index (χ3n) is 3.42. The van der Waals surface area contributed by atoms with E-state index in [1.54, 1.807) is 0 Å². The van der Waals surface area contributed by atoms with Crippen LogP contribution in [0.3, 0.4) is 0 Å². The van der Waals surface area contributed by atoms with E-state index in [9.17, 15) is 0 Å². The maximum atomic E-state index is 5.96. The molecule has 2 unspecified atom stereocenters. The number of rotatable bonds is 7. The maximum absolute atomic E-state index is 5.96. The number of hydrogen-bond donors (Lipinski definition) is 1. The van der Waals surface area contributed by atoms with E-state index < -0.39 is 0 Å². The summed E-state index contributed by atoms with van der Waals surface area (Å²) in [6.45, 7) is 9.97. The summed E-state index contributed by atoms with van der Waals surface area (Å²) in [4.78, 5) is 0. The zero-order valence-electron chi connectivity index (χ0n) is 11.3. The Morgan fingerprint density at radius 1 is 1.25 bits per heavy atom. The first-order valence-electron chi connectivity index (χ1n) is 7.02. The molecule has 16 heavy (non-hydrogen) atoms. The first kappa shape index (κ1) is 14.0. The van der Waals surface area contributed by atoms with Crippen molar-refractivity contribution in [2.24, 2.45) is 11.8 Å². The summed E-state index contributed by atoms with van der Waals surface area (Å²) in [6.07, 6.45) is 7.09. The van der Waals surface area contributed by atoms with E-state index in [1.807, 2.05) is 0 Å². The normalized spacial score (nSPS) is 26.2. The number of hydrogen-bond acceptors (Lipinski definition) is 2. The first-order valence-corrected chi connectivity index (χ1v) is 7.02. The lowest BCUT2D eigenvalue weighted by atomic mass is 9.88. The molecule has 1 aliphatic carbocycles. The van der Waals surface area contributed by atoms with Crippen molar-refractivity contribution in [2.75, 3.05) is 19.7 Å². The monoisotopic (exact) mass is 227 g/mol. The molecular formula is C14H29NO. The summed E-state index contributed by atoms with van der Waals surface area (Å²) in [6, 6.07) is 0. The highest BCUT2D eigenvalue weighted by Gasteiger charge is 2.21. The van der Waals surface area contributed by atoms with E-state index in [0.29, 0.717) is 6.10 Å². The summed E-state index contributed by atoms with van der Waals surface area (Å²) < 4.78 is 5.96. The Balaban J connectivity index is 1.94. The lowest BCUT2D eigenvalue weighted by molar-refractivity contribution is -0.00575. The van der Waals surface area contributed by atoms with Gasteiger partial charge in [0.15, 0.2) is 0 Å². The predicted octanol–water partition coefficient (Wildman–Crippen LogP) is 3.22. The van der Waals surface area contributed by atoms with Crippen LogP contribution in [0.5, 0.6) is 0 Å². The highest BCUT2D eigenvalue weighted by molar-refractivity contribution is 4.72. The molecule has 0 heterocycles. The van der Waals surface area contributed by atoms with Gasteiger partial charge in [-0.3, -0.25) is 0 Å². The summed E-state index contributed by atoms with van der Waals surface area (Å²) in [5, 5.41) is 3.45. The highest BCUT2D eigenvalue weighted by Crippen LogP contribution is 2.26. The minimum Gasteiger partial charge on any atom is -0.378 e. The largest absolute Gasteiger partial charge is 0.378 e. The molecule has 1 fully saturated rings. The predicted molar refractivity (Wildman–Crippen MR) is 69.7 cm³/mol. The van der Waals surface area contributed by atoms with E-state index in [0.717, 1.165) is 38.0 Å². The van der Waals surface area contributed by atoms with Crippen LogP contribution in [0.4, 0.5) is 0 Å². The second-order valence-electron chi connectivity index (χ2n) is 5.62. The Hall–Kier alpha value is -0.0800. The molecule has 0 bridgehead atoms. The van der Waals surface area contributed by atoms with Crippen molar-refractivity contribution in [2.45, 2.75) is 59.0 Å². The molecule has 0 aromatic heterocycles. The molecule has 2 nitrogen and oxygen atoms in total. The molecule has 96 valence electrons. The minimum absolute atomic E-state index is 0.541. The van der Waals surface area contributed by atoms with E-state index in [1.165, 1.54) is 25.7 Å². The average Bonchev–Trinajstić information content (AvgIpc) is 2.25. The van der Waals surface area contributed by atoms with Gasteiger partial charge < -0.3 is 10.1 Å². The van der Waals surface area contributed by atoms with Gasteiger partial charge in [-0.1, -0.05) is 33.6 Å². The van der Waals surface area contributed by atoms with Gasteiger partial charge in [0.05, 0.1) is 6.10 Å². The second kappa shape index (κ2) is 8.08. The third-order valence-corrected chi connectivity index (χ3v) is 3.42. The molecule has 2 atom stereocenters. The van der Waals surface area contributed by atoms with Gasteiger partial charge in [-0.25, -0.2) is 0 Å². The van der Waals surface area contributed by atoms with Crippen LogP contribution >= 0.6 is 0 Å². The van der Waals surface area contributed by atoms with Gasteiger partial charge in [0.1, 0.15) is 0 Å². The minimum atomic E-state index is 0.541. The van der Waals surface area contributed by atoms with Gasteiger partial charge in [-0.05, 0) is 44.2 Å². The topological polar surface area (TPSA) is 21.3 Å². The van der Waals surface area contributed by atoms with E-state index in [-0.39, 0.29) is 0 Å². The van der Waals surface area contributed by atoms with Crippen LogP contribution in [0, 0.1) is 11.8 Å². The summed E-state index contributed by atoms with van der Waals surface area (Å²) in [5.41, 5.74) is 0. The van der Waals surface area contributed by atoms with Crippen molar-refractivity contribution in [1.29, 1.82) is 0 Å². The Morgan fingerprint density at radius 2 is 2.00 bits per heavy atom. The molecule has 1 saturated carbocycles. The van der Waals surface area contributed by atoms with Gasteiger partial charge >= 0.3 is 0 Å². The molecular weight excluding hydrogens is 198 g/mol. The van der Waals surface area contributed by atoms with E-state index >= 15 is 0 Å². The molecule has 0 radical (unpaired) electrons. The fourth-order valence-electron chi connectivity index (χ4n) is 2.35. The molecule has 2 heteroatoms. The smallest absolute Gasteiger partial charge is 0.0600 e. The lowest BCUT2D eigenvalue weighted by Crippen LogP contribution is -2.27. The standard InChI is InChI=1S/C14H29NO/c1-12(2)11-15-9-6-10-16-14-8-5-4-7-13(14)3/h12-15H,4-11H2,1-3H3. The van der Waals surface area contributed by atoms with Gasteiger partial charge in [0, 0.05) is 6.61 Å². The SMILES string of the molecule is CC(C)CNCCCOC1CCCCC1C. The van der Waals surface area contributed by atoms with Crippen LogP contribution in [-0.2, 0) is 4.74 Å². The van der Waals surface area contributed by atoms with Gasteiger partial charge in [0.25, 0.3) is 0 Å². The number of nitrogens with one attached hydrogen (secondary N) is 1.